The molecule has 0 bridgehead atoms. The van der Waals surface area contributed by atoms with Crippen molar-refractivity contribution in [3.63, 3.8) is 0 Å². The van der Waals surface area contributed by atoms with E-state index in [1.165, 1.54) is 122 Å². The maximum absolute atomic E-state index is 6.30. The van der Waals surface area contributed by atoms with E-state index in [4.69, 9.17) is 17.7 Å². The minimum absolute atomic E-state index is 0.444. The van der Waals surface area contributed by atoms with Crippen molar-refractivity contribution < 1.29 is 40.5 Å². The highest BCUT2D eigenvalue weighted by molar-refractivity contribution is 6.12. The van der Waals surface area contributed by atoms with Gasteiger partial charge >= 0.3 is 0 Å². The molecule has 0 saturated heterocycles. The molecule has 0 unspecified atom stereocenters. The molecule has 0 aliphatic rings. The molecule has 12 aromatic carbocycles. The Morgan fingerprint density at radius 1 is 0.301 bits per heavy atom. The second kappa shape index (κ2) is 35.6. The lowest BCUT2D eigenvalue weighted by atomic mass is 9.92. The zero-order valence-electron chi connectivity index (χ0n) is 79.1. The van der Waals surface area contributed by atoms with Gasteiger partial charge < -0.3 is 17.7 Å². The smallest absolute Gasteiger partial charge is 0.295 e. The number of fused-ring (bicyclic) bond motifs is 15. The summed E-state index contributed by atoms with van der Waals surface area (Å²) >= 11 is 0. The highest BCUT2D eigenvalue weighted by Crippen LogP contribution is 2.44. The van der Waals surface area contributed by atoms with Gasteiger partial charge in [-0.05, 0) is 178 Å². The predicted molar refractivity (Wildman–Crippen MR) is 538 cm³/mol. The molecule has 0 amide bonds. The van der Waals surface area contributed by atoms with Crippen molar-refractivity contribution in [3.05, 3.63) is 361 Å². The number of nitrogens with zero attached hydrogens (tertiary/aromatic N) is 14. The Hall–Kier alpha value is -15.8. The molecule has 18 nitrogen and oxygen atoms in total. The molecular formula is C115H111N14O4+5. The normalized spacial score (nSPS) is 11.6. The van der Waals surface area contributed by atoms with Gasteiger partial charge in [-0.25, -0.2) is 55.8 Å². The highest BCUT2D eigenvalue weighted by atomic mass is 16.3. The Kier molecular flexibility index (Phi) is 23.1. The van der Waals surface area contributed by atoms with Crippen LogP contribution in [0.3, 0.4) is 0 Å². The van der Waals surface area contributed by atoms with Crippen molar-refractivity contribution in [2.75, 3.05) is 0 Å². The van der Waals surface area contributed by atoms with Crippen LogP contribution in [0.4, 0.5) is 0 Å². The van der Waals surface area contributed by atoms with E-state index in [0.717, 1.165) is 101 Å². The monoisotopic (exact) mass is 1750 g/mol. The fourth-order valence-corrected chi connectivity index (χ4v) is 19.6. The molecule has 0 spiro atoms. The highest BCUT2D eigenvalue weighted by Gasteiger charge is 2.34. The van der Waals surface area contributed by atoms with E-state index in [1.807, 2.05) is 65.5 Å². The number of pyridine rings is 2. The number of hydrogen-bond acceptors (Lipinski definition) is 7. The van der Waals surface area contributed by atoms with E-state index >= 15 is 0 Å². The van der Waals surface area contributed by atoms with Gasteiger partial charge in [0.25, 0.3) is 29.1 Å². The van der Waals surface area contributed by atoms with Crippen LogP contribution in [0.15, 0.2) is 334 Å². The van der Waals surface area contributed by atoms with E-state index in [9.17, 15) is 0 Å². The fraction of sp³-hybridized carbons (Fsp3) is 0.183. The Morgan fingerprint density at radius 2 is 0.677 bits per heavy atom. The first-order valence-electron chi connectivity index (χ1n) is 45.5. The number of benzene rings is 12. The molecule has 24 rings (SSSR count). The average Bonchev–Trinajstić information content (AvgIpc) is 1.60. The van der Waals surface area contributed by atoms with Gasteiger partial charge in [0.15, 0.2) is 55.4 Å². The largest absolute Gasteiger partial charge is 0.455 e. The Bertz CT molecular complexity index is 8050. The minimum Gasteiger partial charge on any atom is -0.455 e. The molecule has 0 saturated carbocycles. The lowest BCUT2D eigenvalue weighted by molar-refractivity contribution is -0.659. The van der Waals surface area contributed by atoms with E-state index in [1.54, 1.807) is 18.6 Å². The van der Waals surface area contributed by atoms with Gasteiger partial charge in [0, 0.05) is 79.0 Å². The van der Waals surface area contributed by atoms with E-state index in [-0.39, 0.29) is 0 Å². The molecule has 24 aromatic rings. The molecule has 18 heteroatoms. The lowest BCUT2D eigenvalue weighted by Crippen LogP contribution is -2.30. The predicted octanol–water partition coefficient (Wildman–Crippen LogP) is 24.9. The van der Waals surface area contributed by atoms with Crippen LogP contribution >= 0.6 is 0 Å². The molecule has 0 aliphatic heterocycles. The van der Waals surface area contributed by atoms with Gasteiger partial charge in [-0.1, -0.05) is 204 Å². The van der Waals surface area contributed by atoms with Gasteiger partial charge in [-0.3, -0.25) is 0 Å². The van der Waals surface area contributed by atoms with Crippen molar-refractivity contribution in [3.8, 4) is 68.3 Å². The van der Waals surface area contributed by atoms with Crippen molar-refractivity contribution in [1.29, 1.82) is 0 Å². The summed E-state index contributed by atoms with van der Waals surface area (Å²) in [5.74, 6) is 6.68. The molecule has 660 valence electrons. The minimum atomic E-state index is 0.444. The van der Waals surface area contributed by atoms with E-state index in [0.29, 0.717) is 23.3 Å². The van der Waals surface area contributed by atoms with Gasteiger partial charge in [-0.15, -0.1) is 0 Å². The lowest BCUT2D eigenvalue weighted by Gasteiger charge is -2.18. The maximum Gasteiger partial charge on any atom is 0.295 e. The Morgan fingerprint density at radius 3 is 1.10 bits per heavy atom. The number of hydrogen-bond donors (Lipinski definition) is 0. The van der Waals surface area contributed by atoms with E-state index < -0.39 is 0 Å². The molecule has 0 atom stereocenters. The summed E-state index contributed by atoms with van der Waals surface area (Å²) in [6, 6.07) is 93.0. The van der Waals surface area contributed by atoms with Crippen LogP contribution in [0.1, 0.15) is 84.0 Å². The summed E-state index contributed by atoms with van der Waals surface area (Å²) in [7, 11) is 18.9. The van der Waals surface area contributed by atoms with Gasteiger partial charge in [0.05, 0.1) is 74.7 Å². The summed E-state index contributed by atoms with van der Waals surface area (Å²) in [4.78, 5) is 8.73. The Balaban J connectivity index is 0.000000104. The number of para-hydroxylation sites is 10. The van der Waals surface area contributed by atoms with Crippen LogP contribution in [0.5, 0.6) is 0 Å². The molecule has 0 N–H and O–H groups in total. The van der Waals surface area contributed by atoms with Gasteiger partial charge in [0.2, 0.25) is 11.4 Å². The van der Waals surface area contributed by atoms with Crippen LogP contribution < -0.4 is 22.8 Å². The molecular weight excluding hydrogens is 1640 g/mol. The van der Waals surface area contributed by atoms with Crippen molar-refractivity contribution >= 4 is 121 Å². The molecule has 0 aliphatic carbocycles. The van der Waals surface area contributed by atoms with Crippen molar-refractivity contribution in [2.24, 2.45) is 63.4 Å². The number of imidazole rings is 5. The molecule has 133 heavy (non-hydrogen) atoms. The van der Waals surface area contributed by atoms with Crippen LogP contribution in [0.25, 0.3) is 189 Å². The van der Waals surface area contributed by atoms with Crippen molar-refractivity contribution in [2.45, 2.75) is 81.1 Å². The summed E-state index contributed by atoms with van der Waals surface area (Å²) in [6.07, 6.45) is 15.5. The first-order chi connectivity index (χ1) is 64.4. The third kappa shape index (κ3) is 15.3. The fourth-order valence-electron chi connectivity index (χ4n) is 19.6. The quantitative estimate of drug-likeness (QED) is 0.131. The number of aromatic nitrogens is 14. The standard InChI is InChI=1S/C27H31N2.C22H19N2O.C21H18N3O.C18H17N2O.C17H16N3O.C10H10N2/c1-18(2)21-14-11-15-22(19(3)4)26(21)29-25-17-10-9-16-24(25)28(6)27(29)23-13-8-7-12-20(23)5;1-14-12-13-16-15-8-4-7-11-19(15)25-21(16)20(14)22-23(2)17-9-5-6-10-18(17)24(22)3;1-13-10-11-14-15-7-6-12-22-20(15)25-19(14)18(13)21-23(2)16-8-4-5-9-17(16)24(21)3;1-12-8-9-14-13-6-4-5-7-15(13)21-17(14)16(12)18-19(2)10-11-20(18)3;1-11-6-7-12-13-5-4-8-18-16(13)21-15(12)14(11)17-19(2)9-10-20(17)3;1-9-5-2-3-6-10(9)12-8-4-7-11-12/h7-19H,1-6H3;4-13H,1-3H3;4-12H,1-3H3;4-11H,1-3H3;4-10H,1-3H3;2-8H,1H3/q5*+1;. The second-order valence-electron chi connectivity index (χ2n) is 35.6. The number of aryl methyl sites for hydroxylation is 15. The van der Waals surface area contributed by atoms with Gasteiger partial charge in [0.1, 0.15) is 63.9 Å². The molecule has 0 radical (unpaired) electrons. The average molecular weight is 1750 g/mol. The summed E-state index contributed by atoms with van der Waals surface area (Å²) in [5, 5.41) is 13.2. The SMILES string of the molecule is Cc1ccc2c(oc3ccccc32)c1-c1n(C)c2ccccc2[n+]1C.Cc1ccc2c(oc3ccccc32)c1-c1n(C)cc[n+]1C.Cc1ccc2c(oc3ncccc32)c1-c1n(C)c2ccccc2[n+]1C.Cc1ccc2c(oc3ncccc32)c1-c1n(C)cc[n+]1C.Cc1ccccc1-c1n(-c2c(C(C)C)cccc2C(C)C)c2ccccc2[n+]1C.Cc1ccccc1-n1cccn1. The van der Waals surface area contributed by atoms with E-state index in [2.05, 4.69) is 431 Å². The molecule has 0 fully saturated rings. The van der Waals surface area contributed by atoms with Crippen LogP contribution in [0, 0.1) is 41.5 Å². The van der Waals surface area contributed by atoms with Crippen LogP contribution in [0.2, 0.25) is 0 Å². The second-order valence-corrected chi connectivity index (χ2v) is 35.6. The molecule has 12 heterocycles. The first kappa shape index (κ1) is 86.6. The first-order valence-corrected chi connectivity index (χ1v) is 45.5. The maximum atomic E-state index is 6.30. The molecule has 12 aromatic heterocycles. The zero-order valence-corrected chi connectivity index (χ0v) is 79.1. The van der Waals surface area contributed by atoms with Crippen molar-refractivity contribution in [1.82, 2.24) is 42.6 Å². The topological polar surface area (TPSA) is 140 Å². The summed E-state index contributed by atoms with van der Waals surface area (Å²) < 4.78 is 48.9. The summed E-state index contributed by atoms with van der Waals surface area (Å²) in [5.41, 5.74) is 32.8. The van der Waals surface area contributed by atoms with Gasteiger partial charge in [-0.2, -0.15) is 9.67 Å². The summed E-state index contributed by atoms with van der Waals surface area (Å²) in [6.45, 7) is 22.0. The third-order valence-corrected chi connectivity index (χ3v) is 26.3. The third-order valence-electron chi connectivity index (χ3n) is 26.3. The Labute approximate surface area is 773 Å². The number of furan rings is 4. The number of rotatable bonds is 9. The zero-order chi connectivity index (χ0) is 92.5. The van der Waals surface area contributed by atoms with Crippen LogP contribution in [-0.4, -0.2) is 42.6 Å². The van der Waals surface area contributed by atoms with Crippen LogP contribution in [-0.2, 0) is 63.4 Å².